The fourth-order valence-electron chi connectivity index (χ4n) is 2.58. The van der Waals surface area contributed by atoms with E-state index in [0.717, 1.165) is 0 Å². The van der Waals surface area contributed by atoms with Crippen molar-refractivity contribution in [3.63, 3.8) is 0 Å². The van der Waals surface area contributed by atoms with Gasteiger partial charge in [-0.2, -0.15) is 10.4 Å². The zero-order valence-electron chi connectivity index (χ0n) is 16.3. The van der Waals surface area contributed by atoms with E-state index < -0.39 is 11.9 Å². The van der Waals surface area contributed by atoms with Gasteiger partial charge < -0.3 is 19.3 Å². The summed E-state index contributed by atoms with van der Waals surface area (Å²) in [6, 6.07) is 6.98. The van der Waals surface area contributed by atoms with Gasteiger partial charge in [-0.3, -0.25) is 9.48 Å². The molecule has 0 saturated heterocycles. The van der Waals surface area contributed by atoms with Crippen LogP contribution in [0.5, 0.6) is 11.5 Å². The average molecular weight is 399 g/mol. The van der Waals surface area contributed by atoms with Gasteiger partial charge in [0.1, 0.15) is 11.6 Å². The molecule has 29 heavy (non-hydrogen) atoms. The summed E-state index contributed by atoms with van der Waals surface area (Å²) in [6.45, 7) is 1.91. The number of methoxy groups -OCH3 is 2. The second-order valence-corrected chi connectivity index (χ2v) is 5.80. The predicted octanol–water partition coefficient (Wildman–Crippen LogP) is 2.51. The Kier molecular flexibility index (Phi) is 7.37. The smallest absolute Gasteiger partial charge is 0.348 e. The number of hydrogen-bond acceptors (Lipinski definition) is 7. The van der Waals surface area contributed by atoms with Crippen LogP contribution in [0.3, 0.4) is 0 Å². The number of nitrogens with zero attached hydrogens (tertiary/aromatic N) is 3. The van der Waals surface area contributed by atoms with E-state index in [9.17, 15) is 14.9 Å². The third kappa shape index (κ3) is 5.35. The quantitative estimate of drug-likeness (QED) is 0.387. The molecule has 0 radical (unpaired) electrons. The fourth-order valence-corrected chi connectivity index (χ4v) is 2.58. The molecule has 9 nitrogen and oxygen atoms in total. The third-order valence-electron chi connectivity index (χ3n) is 3.92. The van der Waals surface area contributed by atoms with Crippen LogP contribution in [0, 0.1) is 11.3 Å². The van der Waals surface area contributed by atoms with Gasteiger partial charge >= 0.3 is 11.9 Å². The zero-order valence-corrected chi connectivity index (χ0v) is 16.3. The number of carbonyl (C=O) groups is 2. The van der Waals surface area contributed by atoms with Crippen LogP contribution in [0.15, 0.2) is 30.0 Å². The van der Waals surface area contributed by atoms with Crippen LogP contribution in [-0.4, -0.2) is 47.7 Å². The van der Waals surface area contributed by atoms with Crippen molar-refractivity contribution in [2.45, 2.75) is 19.9 Å². The Hall–Kier alpha value is -3.80. The maximum Gasteiger partial charge on any atom is 0.348 e. The Morgan fingerprint density at radius 3 is 2.59 bits per heavy atom. The summed E-state index contributed by atoms with van der Waals surface area (Å²) in [5.41, 5.74) is 1.37. The fraction of sp³-hybridized carbons (Fsp3) is 0.300. The van der Waals surface area contributed by atoms with Gasteiger partial charge in [-0.15, -0.1) is 0 Å². The lowest BCUT2D eigenvalue weighted by Gasteiger charge is -2.09. The molecule has 0 unspecified atom stereocenters. The molecular weight excluding hydrogens is 378 g/mol. The molecule has 1 aromatic heterocycles. The highest BCUT2D eigenvalue weighted by Gasteiger charge is 2.17. The first-order valence-electron chi connectivity index (χ1n) is 8.74. The molecule has 0 aliphatic carbocycles. The Labute approximate surface area is 167 Å². The molecular formula is C20H21N3O6. The molecule has 152 valence electrons. The number of aromatic nitrogens is 2. The number of rotatable bonds is 9. The van der Waals surface area contributed by atoms with Gasteiger partial charge in [0.25, 0.3) is 0 Å². The van der Waals surface area contributed by atoms with Gasteiger partial charge in [-0.25, -0.2) is 4.79 Å². The standard InChI is InChI=1S/C20H21N3O6/c1-4-29-20(26)14(11-21)9-15-12-23(8-7-18(24)25)22-19(15)13-5-6-16(27-2)17(10-13)28-3/h5-6,9-10,12H,4,7-8H2,1-3H3,(H,24,25). The van der Waals surface area contributed by atoms with E-state index in [2.05, 4.69) is 5.10 Å². The van der Waals surface area contributed by atoms with Crippen LogP contribution in [-0.2, 0) is 20.9 Å². The number of carboxylic acids is 1. The first-order valence-corrected chi connectivity index (χ1v) is 8.74. The van der Waals surface area contributed by atoms with Gasteiger partial charge in [0.15, 0.2) is 11.5 Å². The minimum atomic E-state index is -0.963. The largest absolute Gasteiger partial charge is 0.493 e. The SMILES string of the molecule is CCOC(=O)C(C#N)=Cc1cn(CCC(=O)O)nc1-c1ccc(OC)c(OC)c1. The molecule has 0 atom stereocenters. The van der Waals surface area contributed by atoms with E-state index in [4.69, 9.17) is 19.3 Å². The maximum absolute atomic E-state index is 12.0. The lowest BCUT2D eigenvalue weighted by atomic mass is 10.1. The van der Waals surface area contributed by atoms with E-state index in [1.807, 2.05) is 6.07 Å². The Balaban J connectivity index is 2.56. The van der Waals surface area contributed by atoms with Crippen LogP contribution < -0.4 is 9.47 Å². The van der Waals surface area contributed by atoms with Crippen molar-refractivity contribution >= 4 is 18.0 Å². The molecule has 0 spiro atoms. The van der Waals surface area contributed by atoms with Crippen LogP contribution in [0.4, 0.5) is 0 Å². The summed E-state index contributed by atoms with van der Waals surface area (Å²) < 4.78 is 16.9. The predicted molar refractivity (Wildman–Crippen MR) is 103 cm³/mol. The molecule has 0 aliphatic heterocycles. The number of carbonyl (C=O) groups excluding carboxylic acids is 1. The van der Waals surface area contributed by atoms with Crippen molar-refractivity contribution in [1.82, 2.24) is 9.78 Å². The monoisotopic (exact) mass is 399 g/mol. The summed E-state index contributed by atoms with van der Waals surface area (Å²) >= 11 is 0. The summed E-state index contributed by atoms with van der Waals surface area (Å²) in [6.07, 6.45) is 2.82. The minimum absolute atomic E-state index is 0.126. The van der Waals surface area contributed by atoms with Gasteiger partial charge in [-0.1, -0.05) is 0 Å². The molecule has 0 aliphatic rings. The third-order valence-corrected chi connectivity index (χ3v) is 3.92. The van der Waals surface area contributed by atoms with Crippen molar-refractivity contribution < 1.29 is 28.9 Å². The summed E-state index contributed by atoms with van der Waals surface area (Å²) in [5.74, 6) is -0.699. The topological polar surface area (TPSA) is 124 Å². The van der Waals surface area contributed by atoms with Crippen LogP contribution in [0.1, 0.15) is 18.9 Å². The van der Waals surface area contributed by atoms with Gasteiger partial charge in [0.2, 0.25) is 0 Å². The second kappa shape index (κ2) is 9.94. The summed E-state index contributed by atoms with van der Waals surface area (Å²) in [5, 5.41) is 22.7. The second-order valence-electron chi connectivity index (χ2n) is 5.80. The lowest BCUT2D eigenvalue weighted by molar-refractivity contribution is -0.138. The molecule has 2 aromatic rings. The first-order chi connectivity index (χ1) is 13.9. The summed E-state index contributed by atoms with van der Waals surface area (Å²) in [7, 11) is 3.02. The van der Waals surface area contributed by atoms with E-state index >= 15 is 0 Å². The molecule has 0 saturated carbocycles. The Morgan fingerprint density at radius 2 is 2.00 bits per heavy atom. The number of hydrogen-bond donors (Lipinski definition) is 1. The highest BCUT2D eigenvalue weighted by atomic mass is 16.5. The molecule has 9 heteroatoms. The van der Waals surface area contributed by atoms with Crippen molar-refractivity contribution in [3.05, 3.63) is 35.5 Å². The zero-order chi connectivity index (χ0) is 21.4. The Morgan fingerprint density at radius 1 is 1.28 bits per heavy atom. The lowest BCUT2D eigenvalue weighted by Crippen LogP contribution is -2.06. The number of ether oxygens (including phenoxy) is 3. The molecule has 0 amide bonds. The summed E-state index contributed by atoms with van der Waals surface area (Å²) in [4.78, 5) is 22.9. The molecule has 1 heterocycles. The average Bonchev–Trinajstić information content (AvgIpc) is 3.12. The number of carboxylic acid groups (broad SMARTS) is 1. The van der Waals surface area contributed by atoms with Crippen LogP contribution in [0.25, 0.3) is 17.3 Å². The van der Waals surface area contributed by atoms with Crippen LogP contribution >= 0.6 is 0 Å². The van der Waals surface area contributed by atoms with Crippen molar-refractivity contribution in [2.75, 3.05) is 20.8 Å². The molecule has 0 fully saturated rings. The van der Waals surface area contributed by atoms with Crippen LogP contribution in [0.2, 0.25) is 0 Å². The van der Waals surface area contributed by atoms with E-state index in [-0.39, 0.29) is 25.1 Å². The molecule has 1 N–H and O–H groups in total. The number of nitriles is 1. The Bertz CT molecular complexity index is 971. The number of aryl methyl sites for hydroxylation is 1. The molecule has 0 bridgehead atoms. The van der Waals surface area contributed by atoms with E-state index in [0.29, 0.717) is 28.3 Å². The molecule has 1 aromatic carbocycles. The van der Waals surface area contributed by atoms with E-state index in [1.54, 1.807) is 31.3 Å². The highest BCUT2D eigenvalue weighted by molar-refractivity contribution is 5.98. The number of esters is 1. The minimum Gasteiger partial charge on any atom is -0.493 e. The van der Waals surface area contributed by atoms with Crippen molar-refractivity contribution in [3.8, 4) is 28.8 Å². The first kappa shape index (κ1) is 21.5. The van der Waals surface area contributed by atoms with Gasteiger partial charge in [0.05, 0.1) is 39.5 Å². The number of aliphatic carboxylic acids is 1. The van der Waals surface area contributed by atoms with Crippen molar-refractivity contribution in [2.24, 2.45) is 0 Å². The van der Waals surface area contributed by atoms with E-state index in [1.165, 1.54) is 25.0 Å². The molecule has 2 rings (SSSR count). The van der Waals surface area contributed by atoms with Gasteiger partial charge in [0, 0.05) is 17.3 Å². The number of benzene rings is 1. The maximum atomic E-state index is 12.0. The van der Waals surface area contributed by atoms with Crippen molar-refractivity contribution in [1.29, 1.82) is 5.26 Å². The highest BCUT2D eigenvalue weighted by Crippen LogP contribution is 2.33. The normalized spacial score (nSPS) is 10.9. The van der Waals surface area contributed by atoms with Gasteiger partial charge in [-0.05, 0) is 31.2 Å².